The van der Waals surface area contributed by atoms with Gasteiger partial charge in [0.1, 0.15) is 5.75 Å². The summed E-state index contributed by atoms with van der Waals surface area (Å²) in [5.41, 5.74) is 0.267. The molecule has 0 saturated carbocycles. The summed E-state index contributed by atoms with van der Waals surface area (Å²) in [5.74, 6) is -0.422. The number of aliphatic imine (C=N–C) groups is 1. The van der Waals surface area contributed by atoms with Gasteiger partial charge in [-0.05, 0) is 50.1 Å². The molecule has 2 N–H and O–H groups in total. The number of halogens is 3. The van der Waals surface area contributed by atoms with Crippen LogP contribution in [-0.2, 0) is 0 Å². The maximum Gasteiger partial charge on any atom is 0.312 e. The molecule has 0 aliphatic rings. The number of rotatable bonds is 3. The minimum atomic E-state index is -0.675. The van der Waals surface area contributed by atoms with Crippen LogP contribution in [0.25, 0.3) is 0 Å². The van der Waals surface area contributed by atoms with Gasteiger partial charge in [0.2, 0.25) is 5.75 Å². The molecule has 0 spiro atoms. The molecule has 114 valence electrons. The lowest BCUT2D eigenvalue weighted by atomic mass is 10.2. The maximum absolute atomic E-state index is 10.9. The molecule has 22 heavy (non-hydrogen) atoms. The fraction of sp³-hybridized carbons (Fsp3) is 0. The second-order valence-electron chi connectivity index (χ2n) is 4.14. The highest BCUT2D eigenvalue weighted by atomic mass is 79.9. The standard InChI is InChI=1S/C13H7Br3N2O4/c14-7-1-6(12(19)11(2-7)18(21)22)5-17-8-3-9(15)13(20)10(16)4-8/h1-5,19-20H. The van der Waals surface area contributed by atoms with Crippen molar-refractivity contribution in [2.75, 3.05) is 0 Å². The van der Waals surface area contributed by atoms with Crippen molar-refractivity contribution in [3.8, 4) is 11.5 Å². The largest absolute Gasteiger partial charge is 0.506 e. The predicted molar refractivity (Wildman–Crippen MR) is 93.2 cm³/mol. The molecule has 0 unspecified atom stereocenters. The Morgan fingerprint density at radius 3 is 2.18 bits per heavy atom. The zero-order valence-electron chi connectivity index (χ0n) is 10.6. The highest BCUT2D eigenvalue weighted by Crippen LogP contribution is 2.37. The molecule has 0 fully saturated rings. The summed E-state index contributed by atoms with van der Waals surface area (Å²) >= 11 is 9.51. The monoisotopic (exact) mass is 492 g/mol. The van der Waals surface area contributed by atoms with Crippen LogP contribution in [-0.4, -0.2) is 21.4 Å². The molecule has 6 nitrogen and oxygen atoms in total. The van der Waals surface area contributed by atoms with E-state index in [1.807, 2.05) is 0 Å². The molecule has 0 bridgehead atoms. The Kier molecular flexibility index (Phi) is 5.20. The van der Waals surface area contributed by atoms with Gasteiger partial charge in [0.25, 0.3) is 0 Å². The van der Waals surface area contributed by atoms with Gasteiger partial charge in [0.15, 0.2) is 0 Å². The van der Waals surface area contributed by atoms with Gasteiger partial charge in [-0.25, -0.2) is 0 Å². The van der Waals surface area contributed by atoms with Crippen molar-refractivity contribution in [2.24, 2.45) is 4.99 Å². The average Bonchev–Trinajstić information content (AvgIpc) is 2.44. The number of phenols is 2. The molecule has 0 aliphatic heterocycles. The number of nitro benzene ring substituents is 1. The topological polar surface area (TPSA) is 96.0 Å². The van der Waals surface area contributed by atoms with Crippen molar-refractivity contribution in [2.45, 2.75) is 0 Å². The lowest BCUT2D eigenvalue weighted by Gasteiger charge is -2.03. The molecule has 0 aliphatic carbocycles. The third kappa shape index (κ3) is 3.65. The van der Waals surface area contributed by atoms with Crippen molar-refractivity contribution < 1.29 is 15.1 Å². The van der Waals surface area contributed by atoms with E-state index in [1.54, 1.807) is 12.1 Å². The van der Waals surface area contributed by atoms with Gasteiger partial charge in [-0.3, -0.25) is 15.1 Å². The van der Waals surface area contributed by atoms with Gasteiger partial charge in [-0.2, -0.15) is 0 Å². The highest BCUT2D eigenvalue weighted by Gasteiger charge is 2.17. The number of hydrogen-bond donors (Lipinski definition) is 2. The maximum atomic E-state index is 10.9. The molecular formula is C13H7Br3N2O4. The summed E-state index contributed by atoms with van der Waals surface area (Å²) in [7, 11) is 0. The average molecular weight is 495 g/mol. The Labute approximate surface area is 150 Å². The fourth-order valence-corrected chi connectivity index (χ4v) is 3.24. The number of aromatic hydroxyl groups is 2. The van der Waals surface area contributed by atoms with E-state index in [-0.39, 0.29) is 11.3 Å². The summed E-state index contributed by atoms with van der Waals surface area (Å²) < 4.78 is 1.34. The first kappa shape index (κ1) is 16.9. The van der Waals surface area contributed by atoms with Crippen molar-refractivity contribution in [3.05, 3.63) is 53.4 Å². The van der Waals surface area contributed by atoms with Gasteiger partial charge < -0.3 is 10.2 Å². The Morgan fingerprint density at radius 2 is 1.64 bits per heavy atom. The highest BCUT2D eigenvalue weighted by molar-refractivity contribution is 9.11. The Balaban J connectivity index is 2.45. The van der Waals surface area contributed by atoms with Crippen molar-refractivity contribution >= 4 is 65.4 Å². The second-order valence-corrected chi connectivity index (χ2v) is 6.76. The van der Waals surface area contributed by atoms with Crippen LogP contribution < -0.4 is 0 Å². The first-order chi connectivity index (χ1) is 10.3. The van der Waals surface area contributed by atoms with Crippen LogP contribution >= 0.6 is 47.8 Å². The van der Waals surface area contributed by atoms with Crippen LogP contribution in [0.5, 0.6) is 11.5 Å². The number of nitrogens with zero attached hydrogens (tertiary/aromatic N) is 2. The number of hydrogen-bond acceptors (Lipinski definition) is 5. The summed E-state index contributed by atoms with van der Waals surface area (Å²) in [5, 5.41) is 30.4. The first-order valence-corrected chi connectivity index (χ1v) is 8.06. The van der Waals surface area contributed by atoms with E-state index in [1.165, 1.54) is 18.3 Å². The van der Waals surface area contributed by atoms with Gasteiger partial charge in [0.05, 0.1) is 19.6 Å². The van der Waals surface area contributed by atoms with Crippen molar-refractivity contribution in [1.82, 2.24) is 0 Å². The van der Waals surface area contributed by atoms with Crippen LogP contribution in [0.2, 0.25) is 0 Å². The third-order valence-electron chi connectivity index (χ3n) is 2.64. The van der Waals surface area contributed by atoms with Crippen LogP contribution in [0.1, 0.15) is 5.56 Å². The summed E-state index contributed by atoms with van der Waals surface area (Å²) in [4.78, 5) is 14.3. The lowest BCUT2D eigenvalue weighted by Crippen LogP contribution is -1.92. The molecule has 0 aromatic heterocycles. The third-order valence-corrected chi connectivity index (χ3v) is 4.30. The number of phenolic OH excluding ortho intramolecular Hbond substituents is 2. The van der Waals surface area contributed by atoms with Gasteiger partial charge >= 0.3 is 5.69 Å². The molecule has 0 amide bonds. The van der Waals surface area contributed by atoms with Gasteiger partial charge in [-0.1, -0.05) is 15.9 Å². The molecule has 0 atom stereocenters. The summed E-state index contributed by atoms with van der Waals surface area (Å²) in [6.45, 7) is 0. The smallest absolute Gasteiger partial charge is 0.312 e. The van der Waals surface area contributed by atoms with E-state index < -0.39 is 16.4 Å². The quantitative estimate of drug-likeness (QED) is 0.355. The van der Waals surface area contributed by atoms with Gasteiger partial charge in [-0.15, -0.1) is 0 Å². The summed E-state index contributed by atoms with van der Waals surface area (Å²) in [6, 6.07) is 5.86. The Hall–Kier alpha value is -1.45. The van der Waals surface area contributed by atoms with E-state index in [0.29, 0.717) is 19.1 Å². The lowest BCUT2D eigenvalue weighted by molar-refractivity contribution is -0.385. The molecule has 0 heterocycles. The van der Waals surface area contributed by atoms with E-state index in [9.17, 15) is 20.3 Å². The molecule has 2 aromatic carbocycles. The van der Waals surface area contributed by atoms with Gasteiger partial charge in [0, 0.05) is 22.3 Å². The van der Waals surface area contributed by atoms with Crippen LogP contribution in [0.4, 0.5) is 11.4 Å². The Morgan fingerprint density at radius 1 is 1.05 bits per heavy atom. The molecule has 2 rings (SSSR count). The zero-order valence-corrected chi connectivity index (χ0v) is 15.4. The van der Waals surface area contributed by atoms with Crippen LogP contribution in [0.3, 0.4) is 0 Å². The first-order valence-electron chi connectivity index (χ1n) is 5.68. The molecule has 0 saturated heterocycles. The van der Waals surface area contributed by atoms with E-state index in [0.717, 1.165) is 0 Å². The van der Waals surface area contributed by atoms with Crippen LogP contribution in [0.15, 0.2) is 42.7 Å². The van der Waals surface area contributed by atoms with Crippen molar-refractivity contribution in [1.29, 1.82) is 0 Å². The molecular weight excluding hydrogens is 488 g/mol. The normalized spacial score (nSPS) is 11.0. The number of benzene rings is 2. The number of nitro groups is 1. The SMILES string of the molecule is O=[N+]([O-])c1cc(Br)cc(C=Nc2cc(Br)c(O)c(Br)c2)c1O. The predicted octanol–water partition coefficient (Wildman–Crippen LogP) is 5.04. The van der Waals surface area contributed by atoms with E-state index in [2.05, 4.69) is 52.8 Å². The van der Waals surface area contributed by atoms with E-state index >= 15 is 0 Å². The second kappa shape index (κ2) is 6.76. The minimum Gasteiger partial charge on any atom is -0.506 e. The fourth-order valence-electron chi connectivity index (χ4n) is 1.61. The summed E-state index contributed by atoms with van der Waals surface area (Å²) in [6.07, 6.45) is 1.30. The zero-order chi connectivity index (χ0) is 16.4. The molecule has 9 heteroatoms. The van der Waals surface area contributed by atoms with Crippen LogP contribution in [0, 0.1) is 10.1 Å². The molecule has 2 aromatic rings. The van der Waals surface area contributed by atoms with Crippen molar-refractivity contribution in [3.63, 3.8) is 0 Å². The Bertz CT molecular complexity index is 770. The minimum absolute atomic E-state index is 0.0416. The molecule has 0 radical (unpaired) electrons. The van der Waals surface area contributed by atoms with E-state index in [4.69, 9.17) is 0 Å².